The van der Waals surface area contributed by atoms with E-state index in [2.05, 4.69) is 10.5 Å². The van der Waals surface area contributed by atoms with Crippen molar-refractivity contribution in [3.63, 3.8) is 0 Å². The van der Waals surface area contributed by atoms with Gasteiger partial charge in [0.25, 0.3) is 5.91 Å². The number of hydrogen-bond donors (Lipinski definition) is 2. The standard InChI is InChI=1S/C13H18N4O3/c1-17(2)12(16-20-3)9-4-6-10(7-5-9)13(19)15-8-11(14)18/h4-7H,8H2,1-3H3,(H2,14,18)(H,15,19). The van der Waals surface area contributed by atoms with Crippen LogP contribution in [0.2, 0.25) is 0 Å². The van der Waals surface area contributed by atoms with Gasteiger partial charge in [0.2, 0.25) is 5.91 Å². The molecular weight excluding hydrogens is 260 g/mol. The fourth-order valence-corrected chi connectivity index (χ4v) is 1.52. The quantitative estimate of drug-likeness (QED) is 0.442. The molecule has 1 rings (SSSR count). The number of nitrogens with two attached hydrogens (primary N) is 1. The van der Waals surface area contributed by atoms with Crippen molar-refractivity contribution in [1.82, 2.24) is 10.2 Å². The highest BCUT2D eigenvalue weighted by Crippen LogP contribution is 2.07. The molecule has 0 aliphatic heterocycles. The Morgan fingerprint density at radius 2 is 1.80 bits per heavy atom. The number of nitrogens with one attached hydrogen (secondary N) is 1. The van der Waals surface area contributed by atoms with Crippen LogP contribution < -0.4 is 11.1 Å². The predicted molar refractivity (Wildman–Crippen MR) is 75.2 cm³/mol. The molecule has 0 fully saturated rings. The van der Waals surface area contributed by atoms with Crippen molar-refractivity contribution in [2.24, 2.45) is 10.9 Å². The lowest BCUT2D eigenvalue weighted by Gasteiger charge is -2.15. The zero-order valence-electron chi connectivity index (χ0n) is 11.7. The van der Waals surface area contributed by atoms with Gasteiger partial charge in [0.05, 0.1) is 6.54 Å². The normalized spacial score (nSPS) is 10.8. The van der Waals surface area contributed by atoms with Crippen molar-refractivity contribution in [2.45, 2.75) is 0 Å². The van der Waals surface area contributed by atoms with Crippen molar-refractivity contribution < 1.29 is 14.4 Å². The van der Waals surface area contributed by atoms with E-state index in [9.17, 15) is 9.59 Å². The number of rotatable bonds is 5. The first-order valence-electron chi connectivity index (χ1n) is 5.91. The summed E-state index contributed by atoms with van der Waals surface area (Å²) in [6.45, 7) is -0.186. The molecule has 1 aromatic rings. The van der Waals surface area contributed by atoms with E-state index in [1.165, 1.54) is 7.11 Å². The molecule has 1 aromatic carbocycles. The van der Waals surface area contributed by atoms with E-state index < -0.39 is 5.91 Å². The van der Waals surface area contributed by atoms with E-state index in [0.717, 1.165) is 5.56 Å². The molecule has 0 unspecified atom stereocenters. The Morgan fingerprint density at radius 1 is 1.25 bits per heavy atom. The number of benzene rings is 1. The van der Waals surface area contributed by atoms with Crippen molar-refractivity contribution in [3.05, 3.63) is 35.4 Å². The van der Waals surface area contributed by atoms with Gasteiger partial charge in [0.15, 0.2) is 5.84 Å². The molecule has 20 heavy (non-hydrogen) atoms. The third-order valence-corrected chi connectivity index (χ3v) is 2.43. The first-order chi connectivity index (χ1) is 9.45. The molecule has 0 heterocycles. The zero-order valence-corrected chi connectivity index (χ0v) is 11.7. The van der Waals surface area contributed by atoms with E-state index in [-0.39, 0.29) is 12.5 Å². The van der Waals surface area contributed by atoms with Crippen molar-refractivity contribution in [2.75, 3.05) is 27.7 Å². The molecule has 7 nitrogen and oxygen atoms in total. The summed E-state index contributed by atoms with van der Waals surface area (Å²) in [7, 11) is 5.14. The minimum atomic E-state index is -0.586. The average Bonchev–Trinajstić information content (AvgIpc) is 2.42. The lowest BCUT2D eigenvalue weighted by Crippen LogP contribution is -2.33. The fraction of sp³-hybridized carbons (Fsp3) is 0.308. The van der Waals surface area contributed by atoms with Gasteiger partial charge in [-0.05, 0) is 12.1 Å². The molecule has 0 radical (unpaired) electrons. The summed E-state index contributed by atoms with van der Waals surface area (Å²) in [5.74, 6) is -0.306. The smallest absolute Gasteiger partial charge is 0.251 e. The molecule has 0 aliphatic rings. The van der Waals surface area contributed by atoms with Crippen molar-refractivity contribution in [1.29, 1.82) is 0 Å². The Balaban J connectivity index is 2.85. The van der Waals surface area contributed by atoms with Gasteiger partial charge in [0.1, 0.15) is 7.11 Å². The van der Waals surface area contributed by atoms with Crippen LogP contribution in [0.1, 0.15) is 15.9 Å². The van der Waals surface area contributed by atoms with E-state index in [1.807, 2.05) is 14.1 Å². The Labute approximate surface area is 117 Å². The second kappa shape index (κ2) is 7.13. The summed E-state index contributed by atoms with van der Waals surface area (Å²) in [4.78, 5) is 28.9. The summed E-state index contributed by atoms with van der Waals surface area (Å²) in [6.07, 6.45) is 0. The van der Waals surface area contributed by atoms with E-state index in [0.29, 0.717) is 11.4 Å². The van der Waals surface area contributed by atoms with Crippen LogP contribution in [0, 0.1) is 0 Å². The maximum absolute atomic E-state index is 11.7. The number of amidine groups is 1. The van der Waals surface area contributed by atoms with Gasteiger partial charge in [0, 0.05) is 25.2 Å². The third kappa shape index (κ3) is 4.27. The second-order valence-corrected chi connectivity index (χ2v) is 4.22. The molecule has 0 saturated heterocycles. The maximum Gasteiger partial charge on any atom is 0.251 e. The van der Waals surface area contributed by atoms with Gasteiger partial charge >= 0.3 is 0 Å². The topological polar surface area (TPSA) is 97.0 Å². The van der Waals surface area contributed by atoms with Crippen LogP contribution in [-0.2, 0) is 9.63 Å². The molecule has 0 aliphatic carbocycles. The number of carbonyl (C=O) groups excluding carboxylic acids is 2. The fourth-order valence-electron chi connectivity index (χ4n) is 1.52. The maximum atomic E-state index is 11.7. The Morgan fingerprint density at radius 3 is 2.25 bits per heavy atom. The minimum Gasteiger partial charge on any atom is -0.397 e. The summed E-state index contributed by atoms with van der Waals surface area (Å²) >= 11 is 0. The van der Waals surface area contributed by atoms with E-state index in [1.54, 1.807) is 29.2 Å². The molecule has 0 atom stereocenters. The molecule has 3 N–H and O–H groups in total. The van der Waals surface area contributed by atoms with Crippen LogP contribution in [0.15, 0.2) is 29.4 Å². The van der Waals surface area contributed by atoms with Crippen LogP contribution in [0.25, 0.3) is 0 Å². The van der Waals surface area contributed by atoms with Gasteiger partial charge in [-0.1, -0.05) is 17.3 Å². The predicted octanol–water partition coefficient (Wildman–Crippen LogP) is -0.229. The first-order valence-corrected chi connectivity index (χ1v) is 5.91. The molecule has 2 amide bonds. The molecular formula is C13H18N4O3. The number of primary amides is 1. The summed E-state index contributed by atoms with van der Waals surface area (Å²) in [6, 6.07) is 6.77. The summed E-state index contributed by atoms with van der Waals surface area (Å²) in [5, 5.41) is 6.32. The highest BCUT2D eigenvalue weighted by Gasteiger charge is 2.10. The first kappa shape index (κ1) is 15.5. The largest absolute Gasteiger partial charge is 0.397 e. The van der Waals surface area contributed by atoms with Gasteiger partial charge in [-0.2, -0.15) is 0 Å². The number of amides is 2. The van der Waals surface area contributed by atoms with E-state index >= 15 is 0 Å². The SMILES string of the molecule is CON=C(c1ccc(C(=O)NCC(N)=O)cc1)N(C)C. The number of nitrogens with zero attached hydrogens (tertiary/aromatic N) is 2. The minimum absolute atomic E-state index is 0.186. The highest BCUT2D eigenvalue weighted by atomic mass is 16.6. The van der Waals surface area contributed by atoms with Crippen LogP contribution in [-0.4, -0.2) is 50.3 Å². The number of carbonyl (C=O) groups is 2. The molecule has 0 aromatic heterocycles. The molecule has 7 heteroatoms. The average molecular weight is 278 g/mol. The molecule has 0 spiro atoms. The lowest BCUT2D eigenvalue weighted by atomic mass is 10.1. The van der Waals surface area contributed by atoms with Crippen molar-refractivity contribution in [3.8, 4) is 0 Å². The zero-order chi connectivity index (χ0) is 15.1. The Hall–Kier alpha value is -2.57. The Bertz CT molecular complexity index is 509. The number of hydrogen-bond acceptors (Lipinski definition) is 4. The van der Waals surface area contributed by atoms with Gasteiger partial charge in [-0.15, -0.1) is 0 Å². The van der Waals surface area contributed by atoms with Crippen LogP contribution >= 0.6 is 0 Å². The monoisotopic (exact) mass is 278 g/mol. The van der Waals surface area contributed by atoms with Crippen molar-refractivity contribution >= 4 is 17.6 Å². The van der Waals surface area contributed by atoms with Crippen LogP contribution in [0.4, 0.5) is 0 Å². The van der Waals surface area contributed by atoms with Gasteiger partial charge in [-0.25, -0.2) is 0 Å². The third-order valence-electron chi connectivity index (χ3n) is 2.43. The number of oxime groups is 1. The van der Waals surface area contributed by atoms with Gasteiger partial charge in [-0.3, -0.25) is 9.59 Å². The summed E-state index contributed by atoms with van der Waals surface area (Å²) in [5.41, 5.74) is 6.20. The molecule has 0 saturated carbocycles. The lowest BCUT2D eigenvalue weighted by molar-refractivity contribution is -0.117. The second-order valence-electron chi connectivity index (χ2n) is 4.22. The van der Waals surface area contributed by atoms with Crippen LogP contribution in [0.5, 0.6) is 0 Å². The molecule has 0 bridgehead atoms. The highest BCUT2D eigenvalue weighted by molar-refractivity contribution is 6.00. The summed E-state index contributed by atoms with van der Waals surface area (Å²) < 4.78 is 0. The molecule has 108 valence electrons. The van der Waals surface area contributed by atoms with Gasteiger partial charge < -0.3 is 20.8 Å². The van der Waals surface area contributed by atoms with Crippen LogP contribution in [0.3, 0.4) is 0 Å². The van der Waals surface area contributed by atoms with E-state index in [4.69, 9.17) is 10.6 Å². The Kier molecular flexibility index (Phi) is 5.52.